The van der Waals surface area contributed by atoms with Crippen molar-refractivity contribution in [1.82, 2.24) is 14.8 Å². The SMILES string of the molecule is CC[C@@H](C)n1c(-c2ccc(C(C)(C)C)cc2)n[nH]c1=S. The molecule has 0 aliphatic carbocycles. The molecule has 0 aliphatic heterocycles. The fourth-order valence-electron chi connectivity index (χ4n) is 2.22. The van der Waals surface area contributed by atoms with Crippen LogP contribution in [-0.2, 0) is 5.41 Å². The predicted octanol–water partition coefficient (Wildman–Crippen LogP) is 4.88. The van der Waals surface area contributed by atoms with Crippen LogP contribution >= 0.6 is 12.2 Å². The summed E-state index contributed by atoms with van der Waals surface area (Å²) in [5, 5.41) is 7.30. The summed E-state index contributed by atoms with van der Waals surface area (Å²) >= 11 is 5.35. The lowest BCUT2D eigenvalue weighted by Gasteiger charge is -2.19. The molecule has 0 saturated carbocycles. The van der Waals surface area contributed by atoms with Crippen molar-refractivity contribution in [3.8, 4) is 11.4 Å². The Morgan fingerprint density at radius 1 is 1.25 bits per heavy atom. The quantitative estimate of drug-likeness (QED) is 0.817. The summed E-state index contributed by atoms with van der Waals surface area (Å²) in [5.74, 6) is 0.921. The number of nitrogens with one attached hydrogen (secondary N) is 1. The molecule has 108 valence electrons. The first-order chi connectivity index (χ1) is 9.34. The maximum atomic E-state index is 5.35. The summed E-state index contributed by atoms with van der Waals surface area (Å²) < 4.78 is 2.79. The minimum Gasteiger partial charge on any atom is -0.297 e. The van der Waals surface area contributed by atoms with Gasteiger partial charge in [-0.3, -0.25) is 9.67 Å². The fraction of sp³-hybridized carbons (Fsp3) is 0.500. The molecule has 0 amide bonds. The van der Waals surface area contributed by atoms with E-state index in [-0.39, 0.29) is 5.41 Å². The normalized spacial score (nSPS) is 13.4. The monoisotopic (exact) mass is 289 g/mol. The van der Waals surface area contributed by atoms with Crippen LogP contribution in [0.15, 0.2) is 24.3 Å². The molecule has 0 fully saturated rings. The van der Waals surface area contributed by atoms with Gasteiger partial charge in [0, 0.05) is 11.6 Å². The van der Waals surface area contributed by atoms with E-state index < -0.39 is 0 Å². The molecule has 1 atom stereocenters. The van der Waals surface area contributed by atoms with E-state index >= 15 is 0 Å². The Hall–Kier alpha value is -1.42. The topological polar surface area (TPSA) is 33.6 Å². The maximum absolute atomic E-state index is 5.35. The minimum absolute atomic E-state index is 0.167. The van der Waals surface area contributed by atoms with Gasteiger partial charge in [0.05, 0.1) is 0 Å². The molecule has 2 rings (SSSR count). The number of hydrogen-bond acceptors (Lipinski definition) is 2. The van der Waals surface area contributed by atoms with Crippen LogP contribution in [0, 0.1) is 4.77 Å². The largest absolute Gasteiger partial charge is 0.297 e. The third-order valence-corrected chi connectivity index (χ3v) is 4.03. The molecule has 3 nitrogen and oxygen atoms in total. The van der Waals surface area contributed by atoms with Crippen molar-refractivity contribution in [3.05, 3.63) is 34.6 Å². The highest BCUT2D eigenvalue weighted by Gasteiger charge is 2.16. The lowest BCUT2D eigenvalue weighted by Crippen LogP contribution is -2.11. The Morgan fingerprint density at radius 2 is 1.85 bits per heavy atom. The summed E-state index contributed by atoms with van der Waals surface area (Å²) in [6, 6.07) is 8.95. The number of H-pyrrole nitrogens is 1. The Bertz CT molecular complexity index is 629. The number of benzene rings is 1. The first-order valence-corrected chi connectivity index (χ1v) is 7.53. The van der Waals surface area contributed by atoms with E-state index in [1.807, 2.05) is 0 Å². The van der Waals surface area contributed by atoms with Crippen molar-refractivity contribution in [2.75, 3.05) is 0 Å². The molecule has 0 saturated heterocycles. The first-order valence-electron chi connectivity index (χ1n) is 7.12. The van der Waals surface area contributed by atoms with Crippen molar-refractivity contribution >= 4 is 12.2 Å². The third kappa shape index (κ3) is 2.85. The van der Waals surface area contributed by atoms with Gasteiger partial charge in [0.25, 0.3) is 0 Å². The van der Waals surface area contributed by atoms with Gasteiger partial charge in [-0.25, -0.2) is 0 Å². The Kier molecular flexibility index (Phi) is 4.14. The lowest BCUT2D eigenvalue weighted by molar-refractivity contribution is 0.528. The number of aromatic nitrogens is 3. The van der Waals surface area contributed by atoms with Crippen LogP contribution in [0.1, 0.15) is 52.6 Å². The van der Waals surface area contributed by atoms with E-state index in [1.165, 1.54) is 5.56 Å². The number of nitrogens with zero attached hydrogens (tertiary/aromatic N) is 2. The van der Waals surface area contributed by atoms with E-state index in [0.717, 1.165) is 17.8 Å². The zero-order chi connectivity index (χ0) is 14.9. The van der Waals surface area contributed by atoms with Crippen LogP contribution in [0.25, 0.3) is 11.4 Å². The highest BCUT2D eigenvalue weighted by atomic mass is 32.1. The predicted molar refractivity (Wildman–Crippen MR) is 86.5 cm³/mol. The van der Waals surface area contributed by atoms with E-state index in [4.69, 9.17) is 12.2 Å². The van der Waals surface area contributed by atoms with Gasteiger partial charge in [-0.05, 0) is 36.5 Å². The van der Waals surface area contributed by atoms with Crippen molar-refractivity contribution in [2.24, 2.45) is 0 Å². The van der Waals surface area contributed by atoms with Gasteiger partial charge in [-0.1, -0.05) is 52.0 Å². The second kappa shape index (κ2) is 5.52. The van der Waals surface area contributed by atoms with Gasteiger partial charge in [-0.15, -0.1) is 0 Å². The number of rotatable bonds is 3. The Labute approximate surface area is 126 Å². The molecule has 1 aromatic heterocycles. The van der Waals surface area contributed by atoms with E-state index in [9.17, 15) is 0 Å². The summed E-state index contributed by atoms with van der Waals surface area (Å²) in [4.78, 5) is 0. The fourth-order valence-corrected chi connectivity index (χ4v) is 2.53. The van der Waals surface area contributed by atoms with Crippen LogP contribution in [-0.4, -0.2) is 14.8 Å². The van der Waals surface area contributed by atoms with Gasteiger partial charge in [0.15, 0.2) is 10.6 Å². The highest BCUT2D eigenvalue weighted by Crippen LogP contribution is 2.27. The molecule has 0 aliphatic rings. The average Bonchev–Trinajstić information content (AvgIpc) is 2.79. The molecule has 1 aromatic carbocycles. The average molecular weight is 289 g/mol. The van der Waals surface area contributed by atoms with Gasteiger partial charge < -0.3 is 0 Å². The van der Waals surface area contributed by atoms with Gasteiger partial charge >= 0.3 is 0 Å². The molecule has 0 bridgehead atoms. The lowest BCUT2D eigenvalue weighted by atomic mass is 9.86. The number of aromatic amines is 1. The van der Waals surface area contributed by atoms with E-state index in [0.29, 0.717) is 10.8 Å². The molecular weight excluding hydrogens is 266 g/mol. The second-order valence-corrected chi connectivity index (χ2v) is 6.69. The summed E-state index contributed by atoms with van der Waals surface area (Å²) in [5.41, 5.74) is 2.59. The standard InChI is InChI=1S/C16H23N3S/c1-6-11(2)19-14(17-18-15(19)20)12-7-9-13(10-8-12)16(3,4)5/h7-11H,6H2,1-5H3,(H,18,20)/t11-/m1/s1. The van der Waals surface area contributed by atoms with Gasteiger partial charge in [-0.2, -0.15) is 5.10 Å². The van der Waals surface area contributed by atoms with Crippen molar-refractivity contribution in [2.45, 2.75) is 52.5 Å². The van der Waals surface area contributed by atoms with Crippen LogP contribution in [0.3, 0.4) is 0 Å². The zero-order valence-electron chi connectivity index (χ0n) is 12.9. The first kappa shape index (κ1) is 15.0. The van der Waals surface area contributed by atoms with Crippen molar-refractivity contribution in [3.63, 3.8) is 0 Å². The molecule has 1 heterocycles. The van der Waals surface area contributed by atoms with Gasteiger partial charge in [0.1, 0.15) is 0 Å². The smallest absolute Gasteiger partial charge is 0.195 e. The molecule has 0 radical (unpaired) electrons. The summed E-state index contributed by atoms with van der Waals surface area (Å²) in [6.07, 6.45) is 1.03. The van der Waals surface area contributed by atoms with Gasteiger partial charge in [0.2, 0.25) is 0 Å². The maximum Gasteiger partial charge on any atom is 0.195 e. The van der Waals surface area contributed by atoms with E-state index in [1.54, 1.807) is 0 Å². The molecular formula is C16H23N3S. The molecule has 1 N–H and O–H groups in total. The molecule has 2 aromatic rings. The summed E-state index contributed by atoms with van der Waals surface area (Å²) in [6.45, 7) is 11.0. The highest BCUT2D eigenvalue weighted by molar-refractivity contribution is 7.71. The second-order valence-electron chi connectivity index (χ2n) is 6.31. The van der Waals surface area contributed by atoms with Crippen molar-refractivity contribution in [1.29, 1.82) is 0 Å². The molecule has 0 unspecified atom stereocenters. The van der Waals surface area contributed by atoms with E-state index in [2.05, 4.69) is 73.6 Å². The third-order valence-electron chi connectivity index (χ3n) is 3.75. The van der Waals surface area contributed by atoms with Crippen LogP contribution in [0.5, 0.6) is 0 Å². The molecule has 20 heavy (non-hydrogen) atoms. The Balaban J connectivity index is 2.45. The number of hydrogen-bond donors (Lipinski definition) is 1. The molecule has 4 heteroatoms. The molecule has 0 spiro atoms. The van der Waals surface area contributed by atoms with Crippen LogP contribution in [0.2, 0.25) is 0 Å². The van der Waals surface area contributed by atoms with Crippen molar-refractivity contribution < 1.29 is 0 Å². The van der Waals surface area contributed by atoms with Crippen LogP contribution < -0.4 is 0 Å². The summed E-state index contributed by atoms with van der Waals surface area (Å²) in [7, 11) is 0. The zero-order valence-corrected chi connectivity index (χ0v) is 13.7. The minimum atomic E-state index is 0.167. The van der Waals surface area contributed by atoms with Crippen LogP contribution in [0.4, 0.5) is 0 Å². The Morgan fingerprint density at radius 3 is 2.35 bits per heavy atom.